The van der Waals surface area contributed by atoms with Gasteiger partial charge in [-0.2, -0.15) is 0 Å². The average Bonchev–Trinajstić information content (AvgIpc) is 3.05. The van der Waals surface area contributed by atoms with Crippen LogP contribution in [0.1, 0.15) is 33.0 Å². The summed E-state index contributed by atoms with van der Waals surface area (Å²) in [7, 11) is 0. The molecule has 4 rings (SSSR count). The number of hydrogen-bond donors (Lipinski definition) is 0. The van der Waals surface area contributed by atoms with E-state index in [4.69, 9.17) is 0 Å². The largest absolute Gasteiger partial charge is 0.336 e. The van der Waals surface area contributed by atoms with Gasteiger partial charge in [-0.25, -0.2) is 9.97 Å². The van der Waals surface area contributed by atoms with Gasteiger partial charge in [0.05, 0.1) is 5.69 Å². The molecule has 2 aromatic heterocycles. The quantitative estimate of drug-likeness (QED) is 0.718. The molecule has 0 aliphatic carbocycles. The number of aryl methyl sites for hydroxylation is 3. The molecule has 6 nitrogen and oxygen atoms in total. The average molecular weight is 363 g/mol. The van der Waals surface area contributed by atoms with Crippen molar-refractivity contribution in [3.8, 4) is 0 Å². The maximum atomic E-state index is 12.6. The van der Waals surface area contributed by atoms with Gasteiger partial charge in [0.25, 0.3) is 5.91 Å². The van der Waals surface area contributed by atoms with E-state index in [2.05, 4.69) is 34.1 Å². The molecular formula is C21H25N5O. The first-order chi connectivity index (χ1) is 13.0. The molecule has 0 spiro atoms. The standard InChI is InChI=1S/C21H25N5O/c1-15-4-6-18(7-5-15)20(27)25-10-8-24(9-11-25)13-19-14-26-17(3)12-16(2)22-21(26)23-19/h4-7,12,14H,8-11,13H2,1-3H3. The van der Waals surface area contributed by atoms with E-state index in [1.165, 1.54) is 5.56 Å². The summed E-state index contributed by atoms with van der Waals surface area (Å²) < 4.78 is 2.04. The van der Waals surface area contributed by atoms with Crippen LogP contribution in [0.5, 0.6) is 0 Å². The van der Waals surface area contributed by atoms with Crippen LogP contribution in [-0.4, -0.2) is 56.3 Å². The summed E-state index contributed by atoms with van der Waals surface area (Å²) in [5.41, 5.74) is 5.09. The van der Waals surface area contributed by atoms with Gasteiger partial charge in [0.15, 0.2) is 0 Å². The molecule has 1 amide bonds. The maximum absolute atomic E-state index is 12.6. The van der Waals surface area contributed by atoms with Crippen LogP contribution in [0.4, 0.5) is 0 Å². The molecule has 0 atom stereocenters. The summed E-state index contributed by atoms with van der Waals surface area (Å²) in [6, 6.07) is 9.87. The highest BCUT2D eigenvalue weighted by molar-refractivity contribution is 5.94. The van der Waals surface area contributed by atoms with Gasteiger partial charge in [-0.3, -0.25) is 14.1 Å². The highest BCUT2D eigenvalue weighted by Gasteiger charge is 2.22. The lowest BCUT2D eigenvalue weighted by Gasteiger charge is -2.34. The number of nitrogens with zero attached hydrogens (tertiary/aromatic N) is 5. The Kier molecular flexibility index (Phi) is 4.66. The molecule has 0 bridgehead atoms. The van der Waals surface area contributed by atoms with Crippen molar-refractivity contribution in [2.24, 2.45) is 0 Å². The zero-order valence-corrected chi connectivity index (χ0v) is 16.1. The number of aromatic nitrogens is 3. The van der Waals surface area contributed by atoms with Crippen molar-refractivity contribution < 1.29 is 4.79 Å². The lowest BCUT2D eigenvalue weighted by molar-refractivity contribution is 0.0627. The Morgan fingerprint density at radius 2 is 1.70 bits per heavy atom. The summed E-state index contributed by atoms with van der Waals surface area (Å²) in [5.74, 6) is 0.883. The predicted octanol–water partition coefficient (Wildman–Crippen LogP) is 2.61. The molecule has 0 unspecified atom stereocenters. The van der Waals surface area contributed by atoms with Crippen molar-refractivity contribution in [3.05, 3.63) is 64.7 Å². The Morgan fingerprint density at radius 1 is 1.00 bits per heavy atom. The minimum Gasteiger partial charge on any atom is -0.336 e. The second-order valence-corrected chi connectivity index (χ2v) is 7.38. The number of carbonyl (C=O) groups excluding carboxylic acids is 1. The molecule has 3 heterocycles. The third-order valence-corrected chi connectivity index (χ3v) is 5.15. The van der Waals surface area contributed by atoms with Crippen LogP contribution in [0.3, 0.4) is 0 Å². The highest BCUT2D eigenvalue weighted by Crippen LogP contribution is 2.14. The van der Waals surface area contributed by atoms with Crippen molar-refractivity contribution in [1.82, 2.24) is 24.2 Å². The number of fused-ring (bicyclic) bond motifs is 1. The van der Waals surface area contributed by atoms with Gasteiger partial charge in [0.1, 0.15) is 0 Å². The van der Waals surface area contributed by atoms with Crippen molar-refractivity contribution in [3.63, 3.8) is 0 Å². The van der Waals surface area contributed by atoms with Gasteiger partial charge in [-0.05, 0) is 39.0 Å². The molecule has 1 aliphatic heterocycles. The highest BCUT2D eigenvalue weighted by atomic mass is 16.2. The van der Waals surface area contributed by atoms with E-state index in [1.54, 1.807) is 0 Å². The molecule has 1 saturated heterocycles. The maximum Gasteiger partial charge on any atom is 0.253 e. The molecule has 0 saturated carbocycles. The summed E-state index contributed by atoms with van der Waals surface area (Å²) >= 11 is 0. The van der Waals surface area contributed by atoms with Gasteiger partial charge in [-0.1, -0.05) is 17.7 Å². The van der Waals surface area contributed by atoms with Crippen LogP contribution in [0.25, 0.3) is 5.78 Å². The molecule has 1 fully saturated rings. The van der Waals surface area contributed by atoms with Gasteiger partial charge in [-0.15, -0.1) is 0 Å². The SMILES string of the molecule is Cc1ccc(C(=O)N2CCN(Cc3cn4c(C)cc(C)nc4n3)CC2)cc1. The molecule has 140 valence electrons. The number of carbonyl (C=O) groups is 1. The van der Waals surface area contributed by atoms with Gasteiger partial charge in [0, 0.05) is 55.9 Å². The van der Waals surface area contributed by atoms with E-state index in [0.29, 0.717) is 0 Å². The Bertz CT molecular complexity index is 968. The zero-order chi connectivity index (χ0) is 19.0. The molecule has 0 N–H and O–H groups in total. The van der Waals surface area contributed by atoms with Crippen LogP contribution < -0.4 is 0 Å². The smallest absolute Gasteiger partial charge is 0.253 e. The number of hydrogen-bond acceptors (Lipinski definition) is 4. The summed E-state index contributed by atoms with van der Waals surface area (Å²) in [6.07, 6.45) is 2.07. The van der Waals surface area contributed by atoms with E-state index in [9.17, 15) is 4.79 Å². The van der Waals surface area contributed by atoms with Gasteiger partial charge >= 0.3 is 0 Å². The monoisotopic (exact) mass is 363 g/mol. The molecule has 1 aromatic carbocycles. The van der Waals surface area contributed by atoms with E-state index < -0.39 is 0 Å². The van der Waals surface area contributed by atoms with Crippen LogP contribution in [-0.2, 0) is 6.54 Å². The fourth-order valence-electron chi connectivity index (χ4n) is 3.61. The van der Waals surface area contributed by atoms with E-state index in [0.717, 1.165) is 61.1 Å². The Hall–Kier alpha value is -2.73. The first-order valence-electron chi connectivity index (χ1n) is 9.40. The lowest BCUT2D eigenvalue weighted by Crippen LogP contribution is -2.48. The first-order valence-corrected chi connectivity index (χ1v) is 9.40. The number of imidazole rings is 1. The van der Waals surface area contributed by atoms with Crippen molar-refractivity contribution in [2.45, 2.75) is 27.3 Å². The van der Waals surface area contributed by atoms with Crippen molar-refractivity contribution >= 4 is 11.7 Å². The van der Waals surface area contributed by atoms with E-state index in [-0.39, 0.29) is 5.91 Å². The summed E-state index contributed by atoms with van der Waals surface area (Å²) in [4.78, 5) is 26.1. The minimum absolute atomic E-state index is 0.123. The Morgan fingerprint density at radius 3 is 2.41 bits per heavy atom. The van der Waals surface area contributed by atoms with E-state index >= 15 is 0 Å². The number of rotatable bonds is 3. The topological polar surface area (TPSA) is 53.7 Å². The third kappa shape index (κ3) is 3.71. The fourth-order valence-corrected chi connectivity index (χ4v) is 3.61. The normalized spacial score (nSPS) is 15.4. The second kappa shape index (κ2) is 7.12. The molecule has 27 heavy (non-hydrogen) atoms. The number of amides is 1. The third-order valence-electron chi connectivity index (χ3n) is 5.15. The first kappa shape index (κ1) is 17.7. The predicted molar refractivity (Wildman–Crippen MR) is 105 cm³/mol. The molecule has 1 aliphatic rings. The van der Waals surface area contributed by atoms with Gasteiger partial charge < -0.3 is 4.90 Å². The molecule has 0 radical (unpaired) electrons. The Labute approximate surface area is 159 Å². The summed E-state index contributed by atoms with van der Waals surface area (Å²) in [6.45, 7) is 10.1. The van der Waals surface area contributed by atoms with Gasteiger partial charge in [0.2, 0.25) is 5.78 Å². The number of benzene rings is 1. The van der Waals surface area contributed by atoms with Crippen LogP contribution in [0.15, 0.2) is 36.5 Å². The second-order valence-electron chi connectivity index (χ2n) is 7.38. The summed E-state index contributed by atoms with van der Waals surface area (Å²) in [5, 5.41) is 0. The van der Waals surface area contributed by atoms with Crippen LogP contribution >= 0.6 is 0 Å². The molecule has 3 aromatic rings. The number of piperazine rings is 1. The lowest BCUT2D eigenvalue weighted by atomic mass is 10.1. The van der Waals surface area contributed by atoms with E-state index in [1.807, 2.05) is 47.4 Å². The van der Waals surface area contributed by atoms with Crippen LogP contribution in [0.2, 0.25) is 0 Å². The molecule has 6 heteroatoms. The van der Waals surface area contributed by atoms with Crippen molar-refractivity contribution in [1.29, 1.82) is 0 Å². The van der Waals surface area contributed by atoms with Crippen molar-refractivity contribution in [2.75, 3.05) is 26.2 Å². The van der Waals surface area contributed by atoms with Crippen LogP contribution in [0, 0.1) is 20.8 Å². The Balaban J connectivity index is 1.39. The fraction of sp³-hybridized carbons (Fsp3) is 0.381. The minimum atomic E-state index is 0.123. The molecular weight excluding hydrogens is 338 g/mol. The zero-order valence-electron chi connectivity index (χ0n) is 16.1.